The van der Waals surface area contributed by atoms with E-state index in [1.54, 1.807) is 0 Å². The lowest BCUT2D eigenvalue weighted by Crippen LogP contribution is -2.36. The second-order valence-electron chi connectivity index (χ2n) is 2.91. The molecule has 1 fully saturated rings. The Morgan fingerprint density at radius 3 is 2.67 bits per heavy atom. The third-order valence-corrected chi connectivity index (χ3v) is 1.72. The van der Waals surface area contributed by atoms with Crippen LogP contribution in [0.15, 0.2) is 0 Å². The monoisotopic (exact) mass is 226 g/mol. The van der Waals surface area contributed by atoms with Crippen LogP contribution in [0.2, 0.25) is 0 Å². The largest absolute Gasteiger partial charge is 0.492 e. The van der Waals surface area contributed by atoms with Gasteiger partial charge in [0.05, 0.1) is 6.54 Å². The van der Waals surface area contributed by atoms with E-state index in [-0.39, 0.29) is 32.0 Å². The number of hydrogen-bond donors (Lipinski definition) is 1. The molecule has 86 valence electrons. The number of nitrogens with zero attached hydrogens (tertiary/aromatic N) is 1. The summed E-state index contributed by atoms with van der Waals surface area (Å²) in [6.45, 7) is 0.172. The Morgan fingerprint density at radius 2 is 2.07 bits per heavy atom. The number of nitrogens with one attached hydrogen (secondary N) is 1. The van der Waals surface area contributed by atoms with E-state index >= 15 is 0 Å². The van der Waals surface area contributed by atoms with Crippen molar-refractivity contribution in [3.8, 4) is 0 Å². The van der Waals surface area contributed by atoms with Gasteiger partial charge in [-0.05, 0) is 0 Å². The minimum atomic E-state index is -5.01. The Bertz CT molecular complexity index is 267. The zero-order valence-electron chi connectivity index (χ0n) is 7.63. The number of hydrogen-bond acceptors (Lipinski definition) is 4. The number of carbonyl (C=O) groups is 2. The topological polar surface area (TPSA) is 58.6 Å². The highest BCUT2D eigenvalue weighted by Crippen LogP contribution is 2.17. The number of amides is 1. The lowest BCUT2D eigenvalue weighted by molar-refractivity contribution is -0.237. The Labute approximate surface area is 83.1 Å². The van der Waals surface area contributed by atoms with Gasteiger partial charge in [0.2, 0.25) is 5.91 Å². The molecule has 0 saturated carbocycles. The highest BCUT2D eigenvalue weighted by molar-refractivity contribution is 5.77. The van der Waals surface area contributed by atoms with Gasteiger partial charge in [0, 0.05) is 19.5 Å². The van der Waals surface area contributed by atoms with Crippen LogP contribution in [0.5, 0.6) is 0 Å². The molecule has 1 rings (SSSR count). The van der Waals surface area contributed by atoms with Crippen LogP contribution in [0.25, 0.3) is 0 Å². The first-order valence-electron chi connectivity index (χ1n) is 4.20. The van der Waals surface area contributed by atoms with Crippen LogP contribution >= 0.6 is 0 Å². The van der Waals surface area contributed by atoms with E-state index in [9.17, 15) is 22.8 Å². The number of alkyl halides is 3. The summed E-state index contributed by atoms with van der Waals surface area (Å²) in [5, 5.41) is 3.26. The summed E-state index contributed by atoms with van der Waals surface area (Å²) in [5.74, 6) is -2.54. The molecule has 0 unspecified atom stereocenters. The summed E-state index contributed by atoms with van der Waals surface area (Å²) in [4.78, 5) is 25.3. The van der Waals surface area contributed by atoms with Crippen molar-refractivity contribution in [3.05, 3.63) is 0 Å². The van der Waals surface area contributed by atoms with Gasteiger partial charge in [0.25, 0.3) is 0 Å². The third kappa shape index (κ3) is 3.74. The van der Waals surface area contributed by atoms with Crippen LogP contribution in [0, 0.1) is 0 Å². The van der Waals surface area contributed by atoms with Crippen LogP contribution in [-0.4, -0.2) is 42.8 Å². The Balaban J connectivity index is 2.45. The van der Waals surface area contributed by atoms with Gasteiger partial charge in [0.1, 0.15) is 0 Å². The summed E-state index contributed by atoms with van der Waals surface area (Å²) in [6, 6.07) is 0. The molecule has 0 atom stereocenters. The molecule has 1 heterocycles. The van der Waals surface area contributed by atoms with Crippen LogP contribution in [0.3, 0.4) is 0 Å². The highest BCUT2D eigenvalue weighted by atomic mass is 19.4. The van der Waals surface area contributed by atoms with Gasteiger partial charge in [-0.25, -0.2) is 4.79 Å². The van der Waals surface area contributed by atoms with E-state index in [2.05, 4.69) is 10.2 Å². The minimum absolute atomic E-state index is 0.00510. The minimum Gasteiger partial charge on any atom is -0.361 e. The van der Waals surface area contributed by atoms with E-state index in [4.69, 9.17) is 0 Å². The average Bonchev–Trinajstić information content (AvgIpc) is 2.29. The van der Waals surface area contributed by atoms with E-state index in [1.807, 2.05) is 0 Å². The molecular formula is C7H9F3N2O3. The van der Waals surface area contributed by atoms with Crippen LogP contribution in [0.4, 0.5) is 13.2 Å². The smallest absolute Gasteiger partial charge is 0.361 e. The molecule has 1 N–H and O–H groups in total. The van der Waals surface area contributed by atoms with Gasteiger partial charge in [0.15, 0.2) is 0 Å². The first-order chi connectivity index (χ1) is 6.89. The molecule has 0 spiro atoms. The molecule has 0 aromatic heterocycles. The Morgan fingerprint density at radius 1 is 1.40 bits per heavy atom. The SMILES string of the molecule is O=C1CCN(OC(=O)C(F)(F)F)CCN1. The molecule has 1 aliphatic rings. The van der Waals surface area contributed by atoms with Crippen molar-refractivity contribution < 1.29 is 27.6 Å². The average molecular weight is 226 g/mol. The first kappa shape index (κ1) is 11.8. The summed E-state index contributed by atoms with van der Waals surface area (Å²) in [6.07, 6.45) is -5.01. The van der Waals surface area contributed by atoms with Crippen molar-refractivity contribution in [1.82, 2.24) is 10.4 Å². The normalized spacial score (nSPS) is 19.3. The van der Waals surface area contributed by atoms with Crippen LogP contribution in [0.1, 0.15) is 6.42 Å². The number of hydroxylamine groups is 2. The van der Waals surface area contributed by atoms with E-state index in [0.29, 0.717) is 0 Å². The maximum Gasteiger partial charge on any atom is 0.492 e. The van der Waals surface area contributed by atoms with Gasteiger partial charge < -0.3 is 10.2 Å². The van der Waals surface area contributed by atoms with Crippen molar-refractivity contribution in [2.24, 2.45) is 0 Å². The quantitative estimate of drug-likeness (QED) is 0.674. The molecule has 0 radical (unpaired) electrons. The molecule has 15 heavy (non-hydrogen) atoms. The summed E-state index contributed by atoms with van der Waals surface area (Å²) >= 11 is 0. The lowest BCUT2D eigenvalue weighted by Gasteiger charge is -2.18. The van der Waals surface area contributed by atoms with Gasteiger partial charge in [-0.15, -0.1) is 5.06 Å². The van der Waals surface area contributed by atoms with E-state index in [1.165, 1.54) is 0 Å². The van der Waals surface area contributed by atoms with Crippen LogP contribution < -0.4 is 5.32 Å². The van der Waals surface area contributed by atoms with Crippen molar-refractivity contribution in [2.75, 3.05) is 19.6 Å². The second-order valence-corrected chi connectivity index (χ2v) is 2.91. The van der Waals surface area contributed by atoms with Crippen molar-refractivity contribution in [3.63, 3.8) is 0 Å². The molecule has 0 aromatic rings. The standard InChI is InChI=1S/C7H9F3N2O3/c8-7(9,10)6(14)15-12-3-1-5(13)11-2-4-12/h1-4H2,(H,11,13). The van der Waals surface area contributed by atoms with Crippen molar-refractivity contribution >= 4 is 11.9 Å². The van der Waals surface area contributed by atoms with Gasteiger partial charge in [-0.1, -0.05) is 0 Å². The van der Waals surface area contributed by atoms with Gasteiger partial charge in [-0.2, -0.15) is 13.2 Å². The van der Waals surface area contributed by atoms with Gasteiger partial charge in [-0.3, -0.25) is 4.79 Å². The lowest BCUT2D eigenvalue weighted by atomic mass is 10.4. The first-order valence-corrected chi connectivity index (χ1v) is 4.20. The molecule has 1 saturated heterocycles. The molecule has 1 amide bonds. The molecule has 0 aliphatic carbocycles. The zero-order valence-corrected chi connectivity index (χ0v) is 7.63. The Hall–Kier alpha value is -1.31. The second kappa shape index (κ2) is 4.47. The Kier molecular flexibility index (Phi) is 3.51. The third-order valence-electron chi connectivity index (χ3n) is 1.72. The van der Waals surface area contributed by atoms with Gasteiger partial charge >= 0.3 is 12.1 Å². The molecule has 0 aromatic carbocycles. The number of halogens is 3. The number of carbonyl (C=O) groups excluding carboxylic acids is 2. The summed E-state index contributed by atoms with van der Waals surface area (Å²) in [5.41, 5.74) is 0. The molecule has 8 heteroatoms. The van der Waals surface area contributed by atoms with E-state index in [0.717, 1.165) is 5.06 Å². The molecule has 5 nitrogen and oxygen atoms in total. The summed E-state index contributed by atoms with van der Waals surface area (Å²) in [7, 11) is 0. The zero-order chi connectivity index (χ0) is 11.5. The molecule has 1 aliphatic heterocycles. The maximum atomic E-state index is 11.8. The van der Waals surface area contributed by atoms with Crippen molar-refractivity contribution in [1.29, 1.82) is 0 Å². The van der Waals surface area contributed by atoms with Crippen LogP contribution in [-0.2, 0) is 14.4 Å². The number of rotatable bonds is 1. The predicted octanol–water partition coefficient (Wildman–Crippen LogP) is -0.171. The fraction of sp³-hybridized carbons (Fsp3) is 0.714. The van der Waals surface area contributed by atoms with Crippen molar-refractivity contribution in [2.45, 2.75) is 12.6 Å². The summed E-state index contributed by atoms with van der Waals surface area (Å²) < 4.78 is 35.4. The highest BCUT2D eigenvalue weighted by Gasteiger charge is 2.42. The fourth-order valence-corrected chi connectivity index (χ4v) is 1.01. The van der Waals surface area contributed by atoms with E-state index < -0.39 is 12.1 Å². The molecular weight excluding hydrogens is 217 g/mol. The molecule has 0 bridgehead atoms. The predicted molar refractivity (Wildman–Crippen MR) is 41.3 cm³/mol. The fourth-order valence-electron chi connectivity index (χ4n) is 1.01. The maximum absolute atomic E-state index is 11.8.